The van der Waals surface area contributed by atoms with E-state index in [4.69, 9.17) is 0 Å². The highest BCUT2D eigenvalue weighted by molar-refractivity contribution is 7.92. The molecule has 4 aromatic carbocycles. The number of hydrogen-bond donors (Lipinski definition) is 0. The molecule has 0 aromatic heterocycles. The smallest absolute Gasteiger partial charge is 0.227 e. The second-order valence-electron chi connectivity index (χ2n) is 9.71. The van der Waals surface area contributed by atoms with Crippen molar-refractivity contribution in [1.29, 1.82) is 0 Å². The molecule has 45 heavy (non-hydrogen) atoms. The van der Waals surface area contributed by atoms with Crippen molar-refractivity contribution >= 4 is 22.0 Å². The first kappa shape index (κ1) is 33.5. The van der Waals surface area contributed by atoms with Crippen molar-refractivity contribution < 1.29 is 52.3 Å². The van der Waals surface area contributed by atoms with Crippen LogP contribution >= 0.6 is 0 Å². The maximum atomic E-state index is 14.3. The predicted octanol–water partition coefficient (Wildman–Crippen LogP) is 9.90. The topological polar surface area (TPSA) is 34.1 Å². The molecule has 0 aliphatic rings. The maximum absolute atomic E-state index is 14.3. The second kappa shape index (κ2) is 12.9. The number of alkyl halides is 6. The van der Waals surface area contributed by atoms with E-state index < -0.39 is 78.2 Å². The van der Waals surface area contributed by atoms with Gasteiger partial charge in [0.1, 0.15) is 33.8 Å². The normalized spacial score (nSPS) is 14.3. The summed E-state index contributed by atoms with van der Waals surface area (Å²) in [4.78, 5) is 0. The highest BCUT2D eigenvalue weighted by Gasteiger charge is 2.37. The van der Waals surface area contributed by atoms with Crippen molar-refractivity contribution in [2.24, 2.45) is 0 Å². The van der Waals surface area contributed by atoms with Crippen molar-refractivity contribution in [3.63, 3.8) is 0 Å². The fourth-order valence-corrected chi connectivity index (χ4v) is 6.49. The number of hydrogen-bond acceptors (Lipinski definition) is 2. The van der Waals surface area contributed by atoms with E-state index in [1.54, 1.807) is 0 Å². The van der Waals surface area contributed by atoms with Crippen LogP contribution in [0.4, 0.5) is 43.9 Å². The van der Waals surface area contributed by atoms with Gasteiger partial charge in [0.05, 0.1) is 11.1 Å². The number of halogens is 10. The lowest BCUT2D eigenvalue weighted by Crippen LogP contribution is -2.19. The zero-order valence-electron chi connectivity index (χ0n) is 22.6. The summed E-state index contributed by atoms with van der Waals surface area (Å²) in [7, 11) is -4.78. The molecule has 0 N–H and O–H groups in total. The largest absolute Gasteiger partial charge is 0.417 e. The molecule has 236 valence electrons. The van der Waals surface area contributed by atoms with Crippen molar-refractivity contribution in [1.82, 2.24) is 0 Å². The molecule has 0 radical (unpaired) electrons. The van der Waals surface area contributed by atoms with E-state index >= 15 is 0 Å². The molecule has 0 spiro atoms. The second-order valence-corrected chi connectivity index (χ2v) is 11.9. The Morgan fingerprint density at radius 3 is 1.11 bits per heavy atom. The van der Waals surface area contributed by atoms with Crippen LogP contribution in [0.1, 0.15) is 43.9 Å². The lowest BCUT2D eigenvalue weighted by Gasteiger charge is -2.22. The molecular formula is C32H20F10O2S. The van der Waals surface area contributed by atoms with Crippen LogP contribution in [-0.4, -0.2) is 8.42 Å². The van der Waals surface area contributed by atoms with Crippen LogP contribution in [0.3, 0.4) is 0 Å². The highest BCUT2D eigenvalue weighted by atomic mass is 32.2. The van der Waals surface area contributed by atoms with E-state index in [2.05, 4.69) is 0 Å². The van der Waals surface area contributed by atoms with Gasteiger partial charge in [-0.3, -0.25) is 0 Å². The van der Waals surface area contributed by atoms with Crippen LogP contribution < -0.4 is 0 Å². The van der Waals surface area contributed by atoms with E-state index in [9.17, 15) is 52.3 Å². The molecule has 0 saturated heterocycles. The summed E-state index contributed by atoms with van der Waals surface area (Å²) in [6, 6.07) is 11.2. The van der Waals surface area contributed by atoms with Crippen LogP contribution in [-0.2, 0) is 22.2 Å². The summed E-state index contributed by atoms with van der Waals surface area (Å²) < 4.78 is 165. The Morgan fingerprint density at radius 1 is 0.489 bits per heavy atom. The third-order valence-electron chi connectivity index (χ3n) is 6.65. The highest BCUT2D eigenvalue weighted by Crippen LogP contribution is 2.40. The molecule has 0 saturated carbocycles. The van der Waals surface area contributed by atoms with Gasteiger partial charge in [0.15, 0.2) is 9.84 Å². The SMILES string of the molecule is O=S(=O)(C(C=Cc1ccc(F)cc1C(F)(F)F)c1ccc(F)cc1)C(C=Cc1ccc(F)cc1C(F)(F)F)c1ccc(F)cc1. The lowest BCUT2D eigenvalue weighted by molar-refractivity contribution is -0.138. The fraction of sp³-hybridized carbons (Fsp3) is 0.125. The number of sulfone groups is 1. The van der Waals surface area contributed by atoms with Gasteiger partial charge in [0, 0.05) is 0 Å². The molecule has 2 unspecified atom stereocenters. The van der Waals surface area contributed by atoms with Crippen LogP contribution in [0, 0.1) is 23.3 Å². The Kier molecular flexibility index (Phi) is 9.62. The summed E-state index contributed by atoms with van der Waals surface area (Å²) in [5.74, 6) is -3.96. The van der Waals surface area contributed by atoms with E-state index in [0.29, 0.717) is 0 Å². The minimum atomic E-state index is -5.03. The van der Waals surface area contributed by atoms with Gasteiger partial charge >= 0.3 is 12.4 Å². The Bertz CT molecular complexity index is 1700. The molecule has 0 aliphatic carbocycles. The molecule has 4 aromatic rings. The molecule has 2 atom stereocenters. The van der Waals surface area contributed by atoms with E-state index in [-0.39, 0.29) is 23.3 Å². The number of rotatable bonds is 8. The van der Waals surface area contributed by atoms with Gasteiger partial charge in [-0.05, 0) is 70.8 Å². The molecule has 0 aliphatic heterocycles. The van der Waals surface area contributed by atoms with Crippen LogP contribution in [0.5, 0.6) is 0 Å². The van der Waals surface area contributed by atoms with Crippen molar-refractivity contribution in [2.45, 2.75) is 22.9 Å². The Labute approximate surface area is 250 Å². The summed E-state index contributed by atoms with van der Waals surface area (Å²) in [6.07, 6.45) is -6.82. The zero-order chi connectivity index (χ0) is 33.2. The molecule has 0 amide bonds. The van der Waals surface area contributed by atoms with Crippen LogP contribution in [0.15, 0.2) is 97.1 Å². The summed E-state index contributed by atoms with van der Waals surface area (Å²) in [5.41, 5.74) is -4.33. The van der Waals surface area contributed by atoms with Gasteiger partial charge in [0.25, 0.3) is 0 Å². The van der Waals surface area contributed by atoms with Crippen LogP contribution in [0.2, 0.25) is 0 Å². The van der Waals surface area contributed by atoms with Gasteiger partial charge < -0.3 is 0 Å². The first-order chi connectivity index (χ1) is 21.0. The van der Waals surface area contributed by atoms with Crippen molar-refractivity contribution in [3.05, 3.63) is 154 Å². The third-order valence-corrected chi connectivity index (χ3v) is 8.92. The van der Waals surface area contributed by atoms with Crippen molar-refractivity contribution in [2.75, 3.05) is 0 Å². The Balaban J connectivity index is 1.91. The minimum Gasteiger partial charge on any atom is -0.227 e. The molecule has 0 fully saturated rings. The van der Waals surface area contributed by atoms with Gasteiger partial charge in [-0.2, -0.15) is 26.3 Å². The van der Waals surface area contributed by atoms with Crippen molar-refractivity contribution in [3.8, 4) is 0 Å². The van der Waals surface area contributed by atoms with Gasteiger partial charge in [-0.25, -0.2) is 26.0 Å². The molecular weight excluding hydrogens is 638 g/mol. The summed E-state index contributed by atoms with van der Waals surface area (Å²) in [5, 5.41) is -3.70. The number of benzene rings is 4. The quantitative estimate of drug-likeness (QED) is 0.177. The molecule has 2 nitrogen and oxygen atoms in total. The first-order valence-corrected chi connectivity index (χ1v) is 14.4. The van der Waals surface area contributed by atoms with E-state index in [1.807, 2.05) is 0 Å². The molecule has 4 rings (SSSR count). The maximum Gasteiger partial charge on any atom is 0.417 e. The minimum absolute atomic E-state index is 0.137. The van der Waals surface area contributed by atoms with Gasteiger partial charge in [-0.15, -0.1) is 0 Å². The van der Waals surface area contributed by atoms with Gasteiger partial charge in [-0.1, -0.05) is 60.7 Å². The lowest BCUT2D eigenvalue weighted by atomic mass is 10.0. The summed E-state index contributed by atoms with van der Waals surface area (Å²) >= 11 is 0. The standard InChI is InChI=1S/C32H20F10O2S/c33-23-9-3-21(4-10-23)29(15-7-19-1-13-25(35)17-27(19)31(37,38)39)45(43,44)30(22-5-11-24(34)12-6-22)16-8-20-2-14-26(36)18-28(20)32(40,41)42/h1-18,29-30H. The molecule has 0 bridgehead atoms. The van der Waals surface area contributed by atoms with Gasteiger partial charge in [0.2, 0.25) is 0 Å². The molecule has 0 heterocycles. The Morgan fingerprint density at radius 2 is 0.800 bits per heavy atom. The molecule has 13 heteroatoms. The summed E-state index contributed by atoms with van der Waals surface area (Å²) in [6.45, 7) is 0. The van der Waals surface area contributed by atoms with Crippen LogP contribution in [0.25, 0.3) is 12.2 Å². The monoisotopic (exact) mass is 658 g/mol. The third kappa shape index (κ3) is 8.01. The zero-order valence-corrected chi connectivity index (χ0v) is 23.4. The Hall–Kier alpha value is -4.39. The average Bonchev–Trinajstić information content (AvgIpc) is 2.95. The first-order valence-electron chi connectivity index (χ1n) is 12.8. The van der Waals surface area contributed by atoms with E-state index in [1.165, 1.54) is 0 Å². The van der Waals surface area contributed by atoms with E-state index in [0.717, 1.165) is 97.1 Å². The average molecular weight is 659 g/mol. The fourth-order valence-electron chi connectivity index (χ4n) is 4.50. The predicted molar refractivity (Wildman–Crippen MR) is 148 cm³/mol.